The van der Waals surface area contributed by atoms with E-state index in [0.717, 1.165) is 48.3 Å². The number of aryl methyl sites for hydroxylation is 1. The number of fused-ring (bicyclic) bond motifs is 1. The number of carbonyl (C=O) groups is 1. The monoisotopic (exact) mass is 430 g/mol. The molecule has 1 aliphatic heterocycles. The van der Waals surface area contributed by atoms with E-state index in [9.17, 15) is 4.79 Å². The summed E-state index contributed by atoms with van der Waals surface area (Å²) in [4.78, 5) is 11.2. The largest absolute Gasteiger partial charge is 0.487 e. The molecule has 3 nitrogen and oxygen atoms in total. The van der Waals surface area contributed by atoms with Gasteiger partial charge in [0.1, 0.15) is 17.1 Å². The van der Waals surface area contributed by atoms with E-state index >= 15 is 0 Å². The topological polar surface area (TPSA) is 35.5 Å². The molecule has 2 unspecified atom stereocenters. The zero-order valence-corrected chi connectivity index (χ0v) is 21.0. The van der Waals surface area contributed by atoms with Crippen LogP contribution in [0.3, 0.4) is 0 Å². The second-order valence-corrected chi connectivity index (χ2v) is 10.8. The molecule has 31 heavy (non-hydrogen) atoms. The van der Waals surface area contributed by atoms with Crippen LogP contribution < -0.4 is 9.47 Å². The number of benzene rings is 1. The third kappa shape index (κ3) is 9.66. The molecular weight excluding hydrogens is 384 g/mol. The summed E-state index contributed by atoms with van der Waals surface area (Å²) in [6.07, 6.45) is 13.9. The zero-order chi connectivity index (χ0) is 22.9. The zero-order valence-electron chi connectivity index (χ0n) is 21.0. The molecule has 1 aliphatic rings. The van der Waals surface area contributed by atoms with Gasteiger partial charge in [-0.25, -0.2) is 0 Å². The third-order valence-electron chi connectivity index (χ3n) is 6.85. The number of hydrogen-bond donors (Lipinski definition) is 0. The van der Waals surface area contributed by atoms with Gasteiger partial charge in [0.05, 0.1) is 0 Å². The van der Waals surface area contributed by atoms with Crippen molar-refractivity contribution in [3.8, 4) is 11.5 Å². The number of esters is 1. The summed E-state index contributed by atoms with van der Waals surface area (Å²) in [6, 6.07) is 5.73. The van der Waals surface area contributed by atoms with Gasteiger partial charge in [0.25, 0.3) is 0 Å². The summed E-state index contributed by atoms with van der Waals surface area (Å²) < 4.78 is 11.6. The van der Waals surface area contributed by atoms with Crippen LogP contribution in [0.5, 0.6) is 11.5 Å². The van der Waals surface area contributed by atoms with Crippen LogP contribution in [0, 0.1) is 17.8 Å². The first-order chi connectivity index (χ1) is 14.7. The van der Waals surface area contributed by atoms with Gasteiger partial charge in [0.15, 0.2) is 0 Å². The lowest BCUT2D eigenvalue weighted by Crippen LogP contribution is -2.36. The van der Waals surface area contributed by atoms with Crippen molar-refractivity contribution in [1.82, 2.24) is 0 Å². The van der Waals surface area contributed by atoms with E-state index in [1.54, 1.807) is 0 Å². The predicted molar refractivity (Wildman–Crippen MR) is 130 cm³/mol. The average Bonchev–Trinajstić information content (AvgIpc) is 2.67. The molecule has 1 heterocycles. The van der Waals surface area contributed by atoms with Crippen molar-refractivity contribution in [3.05, 3.63) is 23.8 Å². The van der Waals surface area contributed by atoms with Crippen molar-refractivity contribution in [3.63, 3.8) is 0 Å². The molecule has 2 rings (SSSR count). The number of ether oxygens (including phenoxy) is 2. The Balaban J connectivity index is 1.66. The summed E-state index contributed by atoms with van der Waals surface area (Å²) in [5.74, 6) is 3.80. The lowest BCUT2D eigenvalue weighted by Gasteiger charge is -2.36. The maximum absolute atomic E-state index is 11.2. The molecule has 3 atom stereocenters. The first-order valence-electron chi connectivity index (χ1n) is 12.7. The highest BCUT2D eigenvalue weighted by Gasteiger charge is 2.31. The molecular formula is C28H46O3. The maximum atomic E-state index is 11.2. The fraction of sp³-hybridized carbons (Fsp3) is 0.750. The van der Waals surface area contributed by atoms with E-state index in [0.29, 0.717) is 5.75 Å². The molecule has 0 aliphatic carbocycles. The number of rotatable bonds is 13. The van der Waals surface area contributed by atoms with E-state index in [1.165, 1.54) is 58.3 Å². The minimum atomic E-state index is -0.281. The lowest BCUT2D eigenvalue weighted by atomic mass is 9.86. The molecule has 1 aromatic carbocycles. The summed E-state index contributed by atoms with van der Waals surface area (Å²) in [6.45, 7) is 13.2. The lowest BCUT2D eigenvalue weighted by molar-refractivity contribution is -0.131. The Hall–Kier alpha value is -1.51. The van der Waals surface area contributed by atoms with Crippen LogP contribution in [0.1, 0.15) is 111 Å². The van der Waals surface area contributed by atoms with Gasteiger partial charge in [-0.3, -0.25) is 4.79 Å². The van der Waals surface area contributed by atoms with Crippen LogP contribution in [-0.4, -0.2) is 11.6 Å². The first kappa shape index (κ1) is 25.7. The van der Waals surface area contributed by atoms with Crippen LogP contribution in [0.2, 0.25) is 0 Å². The van der Waals surface area contributed by atoms with Gasteiger partial charge < -0.3 is 9.47 Å². The van der Waals surface area contributed by atoms with Gasteiger partial charge in [-0.2, -0.15) is 0 Å². The Kier molecular flexibility index (Phi) is 10.4. The van der Waals surface area contributed by atoms with E-state index in [2.05, 4.69) is 34.6 Å². The van der Waals surface area contributed by atoms with Crippen molar-refractivity contribution < 1.29 is 14.3 Å². The van der Waals surface area contributed by atoms with Crippen LogP contribution in [0.15, 0.2) is 18.2 Å². The summed E-state index contributed by atoms with van der Waals surface area (Å²) in [7, 11) is 0. The van der Waals surface area contributed by atoms with Crippen LogP contribution in [0.25, 0.3) is 0 Å². The Morgan fingerprint density at radius 1 is 1.00 bits per heavy atom. The average molecular weight is 431 g/mol. The second-order valence-electron chi connectivity index (χ2n) is 10.8. The van der Waals surface area contributed by atoms with Crippen LogP contribution >= 0.6 is 0 Å². The standard InChI is InChI=1S/C28H46O3/c1-21(2)10-7-11-22(3)12-8-13-23(4)14-9-18-28(6)19-17-25-20-26(30-24(5)29)15-16-27(25)31-28/h15-16,20-23H,7-14,17-19H2,1-6H3/t22?,23?,28-/m1/s1. The van der Waals surface area contributed by atoms with Gasteiger partial charge in [0, 0.05) is 6.92 Å². The highest BCUT2D eigenvalue weighted by atomic mass is 16.5. The van der Waals surface area contributed by atoms with Gasteiger partial charge in [0.2, 0.25) is 0 Å². The third-order valence-corrected chi connectivity index (χ3v) is 6.85. The molecule has 0 amide bonds. The van der Waals surface area contributed by atoms with Crippen molar-refractivity contribution >= 4 is 5.97 Å². The highest BCUT2D eigenvalue weighted by Crippen LogP contribution is 2.38. The normalized spacial score (nSPS) is 20.1. The van der Waals surface area contributed by atoms with Crippen LogP contribution in [0.4, 0.5) is 0 Å². The van der Waals surface area contributed by atoms with E-state index in [4.69, 9.17) is 9.47 Å². The molecule has 0 radical (unpaired) electrons. The molecule has 1 aromatic rings. The molecule has 0 aromatic heterocycles. The van der Waals surface area contributed by atoms with Crippen LogP contribution in [-0.2, 0) is 11.2 Å². The number of carbonyl (C=O) groups excluding carboxylic acids is 1. The van der Waals surface area contributed by atoms with Gasteiger partial charge in [-0.05, 0) is 74.1 Å². The van der Waals surface area contributed by atoms with Gasteiger partial charge >= 0.3 is 5.97 Å². The molecule has 0 bridgehead atoms. The summed E-state index contributed by atoms with van der Waals surface area (Å²) >= 11 is 0. The van der Waals surface area contributed by atoms with E-state index in [-0.39, 0.29) is 11.6 Å². The fourth-order valence-corrected chi connectivity index (χ4v) is 4.77. The van der Waals surface area contributed by atoms with Crippen molar-refractivity contribution in [2.75, 3.05) is 0 Å². The summed E-state index contributed by atoms with van der Waals surface area (Å²) in [5, 5.41) is 0. The maximum Gasteiger partial charge on any atom is 0.308 e. The van der Waals surface area contributed by atoms with Crippen molar-refractivity contribution in [2.45, 2.75) is 118 Å². The first-order valence-corrected chi connectivity index (χ1v) is 12.7. The quantitative estimate of drug-likeness (QED) is 0.234. The molecule has 0 saturated carbocycles. The minimum Gasteiger partial charge on any atom is -0.487 e. The number of hydrogen-bond acceptors (Lipinski definition) is 3. The molecule has 0 spiro atoms. The second kappa shape index (κ2) is 12.5. The Morgan fingerprint density at radius 3 is 2.23 bits per heavy atom. The molecule has 0 fully saturated rings. The van der Waals surface area contributed by atoms with Gasteiger partial charge in [-0.15, -0.1) is 0 Å². The fourth-order valence-electron chi connectivity index (χ4n) is 4.77. The predicted octanol–water partition coefficient (Wildman–Crippen LogP) is 8.13. The molecule has 176 valence electrons. The van der Waals surface area contributed by atoms with E-state index < -0.39 is 0 Å². The Labute approximate surface area is 191 Å². The van der Waals surface area contributed by atoms with Crippen molar-refractivity contribution in [1.29, 1.82) is 0 Å². The van der Waals surface area contributed by atoms with Gasteiger partial charge in [-0.1, -0.05) is 72.6 Å². The SMILES string of the molecule is CC(=O)Oc1ccc2c(c1)CC[C@@](C)(CCCC(C)CCCC(C)CCCC(C)C)O2. The summed E-state index contributed by atoms with van der Waals surface area (Å²) in [5.41, 5.74) is 1.06. The molecule has 0 N–H and O–H groups in total. The minimum absolute atomic E-state index is 0.0827. The Morgan fingerprint density at radius 2 is 1.61 bits per heavy atom. The highest BCUT2D eigenvalue weighted by molar-refractivity contribution is 5.69. The van der Waals surface area contributed by atoms with E-state index in [1.807, 2.05) is 18.2 Å². The molecule has 3 heteroatoms. The molecule has 0 saturated heterocycles. The Bertz CT molecular complexity index is 681. The van der Waals surface area contributed by atoms with Crippen molar-refractivity contribution in [2.24, 2.45) is 17.8 Å². The smallest absolute Gasteiger partial charge is 0.308 e.